The lowest BCUT2D eigenvalue weighted by Crippen LogP contribution is -1.97. The van der Waals surface area contributed by atoms with Crippen LogP contribution in [-0.4, -0.2) is 4.57 Å². The molecule has 0 aliphatic rings. The summed E-state index contributed by atoms with van der Waals surface area (Å²) in [5.41, 5.74) is 8.68. The first kappa shape index (κ1) is 23.4. The van der Waals surface area contributed by atoms with E-state index < -0.39 is 0 Å². The number of nitrogens with zero attached hydrogens (tertiary/aromatic N) is 3. The van der Waals surface area contributed by atoms with Gasteiger partial charge >= 0.3 is 0 Å². The van der Waals surface area contributed by atoms with E-state index >= 15 is 0 Å². The van der Waals surface area contributed by atoms with E-state index in [2.05, 4.69) is 70.1 Å². The third kappa shape index (κ3) is 3.19. The minimum atomic E-state index is 0.331. The molecule has 0 radical (unpaired) electrons. The van der Waals surface area contributed by atoms with Gasteiger partial charge in [-0.3, -0.25) is 0 Å². The molecule has 0 spiro atoms. The van der Waals surface area contributed by atoms with Crippen molar-refractivity contribution in [2.45, 2.75) is 0 Å². The highest BCUT2D eigenvalue weighted by Crippen LogP contribution is 2.43. The van der Waals surface area contributed by atoms with Crippen LogP contribution in [0.3, 0.4) is 0 Å². The summed E-state index contributed by atoms with van der Waals surface area (Å²) < 4.78 is 14.7. The summed E-state index contributed by atoms with van der Waals surface area (Å²) in [6.45, 7) is 7.67. The predicted octanol–water partition coefficient (Wildman–Crippen LogP) is 10.7. The van der Waals surface area contributed by atoms with Crippen LogP contribution >= 0.6 is 0 Å². The van der Waals surface area contributed by atoms with Crippen molar-refractivity contribution in [3.05, 3.63) is 132 Å². The van der Waals surface area contributed by atoms with Crippen molar-refractivity contribution in [2.75, 3.05) is 0 Å². The lowest BCUT2D eigenvalue weighted by atomic mass is 10.00. The SMILES string of the molecule is [C-]#[N+]c1cccc(-n2c3ccc(-c4ccc5oc6ccccc6c5c4)cc3c3c4oc5ccccc5c4ccc32)c1C#N. The molecule has 198 valence electrons. The molecule has 9 rings (SSSR count). The number of nitriles is 1. The Bertz CT molecular complexity index is 2710. The van der Waals surface area contributed by atoms with Gasteiger partial charge in [-0.2, -0.15) is 5.26 Å². The molecule has 0 unspecified atom stereocenters. The van der Waals surface area contributed by atoms with Crippen molar-refractivity contribution in [1.82, 2.24) is 4.57 Å². The highest BCUT2D eigenvalue weighted by Gasteiger charge is 2.21. The van der Waals surface area contributed by atoms with Crippen LogP contribution in [-0.2, 0) is 0 Å². The van der Waals surface area contributed by atoms with Crippen molar-refractivity contribution in [2.24, 2.45) is 0 Å². The Labute approximate surface area is 244 Å². The molecule has 0 atom stereocenters. The molecule has 0 aliphatic heterocycles. The number of aromatic nitrogens is 1. The van der Waals surface area contributed by atoms with E-state index in [0.29, 0.717) is 16.9 Å². The first-order valence-electron chi connectivity index (χ1n) is 13.9. The fraction of sp³-hybridized carbons (Fsp3) is 0. The van der Waals surface area contributed by atoms with E-state index in [1.165, 1.54) is 0 Å². The fourth-order valence-corrected chi connectivity index (χ4v) is 6.55. The van der Waals surface area contributed by atoms with Crippen molar-refractivity contribution >= 4 is 71.4 Å². The van der Waals surface area contributed by atoms with Crippen LogP contribution < -0.4 is 0 Å². The van der Waals surface area contributed by atoms with E-state index in [1.54, 1.807) is 6.07 Å². The maximum atomic E-state index is 10.1. The van der Waals surface area contributed by atoms with Gasteiger partial charge in [0.25, 0.3) is 0 Å². The zero-order chi connectivity index (χ0) is 28.7. The van der Waals surface area contributed by atoms with Gasteiger partial charge in [-0.1, -0.05) is 60.7 Å². The number of hydrogen-bond acceptors (Lipinski definition) is 3. The predicted molar refractivity (Wildman–Crippen MR) is 172 cm³/mol. The fourth-order valence-electron chi connectivity index (χ4n) is 6.55. The second kappa shape index (κ2) is 8.60. The Morgan fingerprint density at radius 2 is 1.28 bits per heavy atom. The van der Waals surface area contributed by atoms with Gasteiger partial charge in [0.05, 0.1) is 40.3 Å². The molecule has 6 aromatic carbocycles. The molecular weight excluding hydrogens is 530 g/mol. The Morgan fingerprint density at radius 1 is 0.605 bits per heavy atom. The lowest BCUT2D eigenvalue weighted by Gasteiger charge is -2.11. The molecule has 0 saturated carbocycles. The Balaban J connectivity index is 1.40. The van der Waals surface area contributed by atoms with E-state index in [-0.39, 0.29) is 0 Å². The van der Waals surface area contributed by atoms with Gasteiger partial charge in [-0.15, -0.1) is 0 Å². The van der Waals surface area contributed by atoms with Crippen LogP contribution in [0, 0.1) is 17.9 Å². The molecule has 0 fully saturated rings. The number of furan rings is 2. The molecule has 43 heavy (non-hydrogen) atoms. The zero-order valence-electron chi connectivity index (χ0n) is 22.6. The molecule has 0 saturated heterocycles. The van der Waals surface area contributed by atoms with Crippen molar-refractivity contribution < 1.29 is 8.83 Å². The van der Waals surface area contributed by atoms with Gasteiger partial charge in [-0.05, 0) is 65.7 Å². The third-order valence-corrected chi connectivity index (χ3v) is 8.48. The maximum Gasteiger partial charge on any atom is 0.206 e. The third-order valence-electron chi connectivity index (χ3n) is 8.48. The number of hydrogen-bond donors (Lipinski definition) is 0. The molecule has 0 aliphatic carbocycles. The topological polar surface area (TPSA) is 59.4 Å². The van der Waals surface area contributed by atoms with Crippen LogP contribution in [0.5, 0.6) is 0 Å². The van der Waals surface area contributed by atoms with E-state index in [1.807, 2.05) is 54.6 Å². The highest BCUT2D eigenvalue weighted by atomic mass is 16.3. The monoisotopic (exact) mass is 549 g/mol. The summed E-state index contributed by atoms with van der Waals surface area (Å²) in [6.07, 6.45) is 0. The van der Waals surface area contributed by atoms with Crippen molar-refractivity contribution in [3.8, 4) is 22.9 Å². The van der Waals surface area contributed by atoms with Gasteiger partial charge in [0.15, 0.2) is 0 Å². The standard InChI is InChI=1S/C38H19N3O2/c1-40-30-9-6-10-31(29(30)21-39)41-32-16-13-22(23-14-18-36-27(19-23)25-8-3-4-11-34(25)42-36)20-28(32)37-33(41)17-15-26-24-7-2-5-12-35(24)43-38(26)37/h2-20H. The summed E-state index contributed by atoms with van der Waals surface area (Å²) >= 11 is 0. The smallest absolute Gasteiger partial charge is 0.206 e. The molecule has 0 N–H and O–H groups in total. The quantitative estimate of drug-likeness (QED) is 0.202. The Morgan fingerprint density at radius 3 is 2.07 bits per heavy atom. The van der Waals surface area contributed by atoms with Crippen LogP contribution in [0.15, 0.2) is 124 Å². The molecule has 3 aromatic heterocycles. The van der Waals surface area contributed by atoms with Crippen LogP contribution in [0.25, 0.3) is 87.3 Å². The Hall–Kier alpha value is -6.30. The minimum Gasteiger partial charge on any atom is -0.456 e. The van der Waals surface area contributed by atoms with Crippen LogP contribution in [0.2, 0.25) is 0 Å². The van der Waals surface area contributed by atoms with Gasteiger partial charge < -0.3 is 13.4 Å². The summed E-state index contributed by atoms with van der Waals surface area (Å²) in [5, 5.41) is 16.4. The number of rotatable bonds is 2. The average molecular weight is 550 g/mol. The van der Waals surface area contributed by atoms with Crippen molar-refractivity contribution in [1.29, 1.82) is 5.26 Å². The normalized spacial score (nSPS) is 11.7. The average Bonchev–Trinajstić information content (AvgIpc) is 3.72. The van der Waals surface area contributed by atoms with Crippen LogP contribution in [0.1, 0.15) is 5.56 Å². The molecule has 5 nitrogen and oxygen atoms in total. The lowest BCUT2D eigenvalue weighted by molar-refractivity contribution is 0.669. The molecular formula is C38H19N3O2. The summed E-state index contributed by atoms with van der Waals surface area (Å²) in [6, 6.07) is 40.8. The van der Waals surface area contributed by atoms with Gasteiger partial charge in [0.2, 0.25) is 5.69 Å². The number of fused-ring (bicyclic) bond motifs is 10. The van der Waals surface area contributed by atoms with E-state index in [9.17, 15) is 5.26 Å². The second-order valence-corrected chi connectivity index (χ2v) is 10.7. The first-order valence-corrected chi connectivity index (χ1v) is 13.9. The van der Waals surface area contributed by atoms with Gasteiger partial charge in [0, 0.05) is 26.9 Å². The molecule has 0 amide bonds. The number of para-hydroxylation sites is 2. The maximum absolute atomic E-state index is 10.1. The summed E-state index contributed by atoms with van der Waals surface area (Å²) in [4.78, 5) is 3.63. The largest absolute Gasteiger partial charge is 0.456 e. The Kier molecular flexibility index (Phi) is 4.68. The first-order chi connectivity index (χ1) is 21.2. The van der Waals surface area contributed by atoms with Gasteiger partial charge in [-0.25, -0.2) is 4.85 Å². The van der Waals surface area contributed by atoms with E-state index in [0.717, 1.165) is 76.8 Å². The number of benzene rings is 6. The zero-order valence-corrected chi connectivity index (χ0v) is 22.6. The van der Waals surface area contributed by atoms with Crippen molar-refractivity contribution in [3.63, 3.8) is 0 Å². The van der Waals surface area contributed by atoms with E-state index in [4.69, 9.17) is 15.4 Å². The minimum absolute atomic E-state index is 0.331. The molecule has 3 heterocycles. The summed E-state index contributed by atoms with van der Waals surface area (Å²) in [7, 11) is 0. The second-order valence-electron chi connectivity index (χ2n) is 10.7. The van der Waals surface area contributed by atoms with Crippen LogP contribution in [0.4, 0.5) is 5.69 Å². The van der Waals surface area contributed by atoms with Gasteiger partial charge in [0.1, 0.15) is 22.3 Å². The summed E-state index contributed by atoms with van der Waals surface area (Å²) in [5.74, 6) is 0. The molecule has 5 heteroatoms. The highest BCUT2D eigenvalue weighted by molar-refractivity contribution is 6.24. The molecule has 0 bridgehead atoms. The molecule has 9 aromatic rings.